The number of alkyl halides is 2. The molecule has 0 aliphatic carbocycles. The number of amides is 1. The summed E-state index contributed by atoms with van der Waals surface area (Å²) < 4.78 is 39.8. The summed E-state index contributed by atoms with van der Waals surface area (Å²) in [6.07, 6.45) is 0. The molecule has 146 valence electrons. The minimum atomic E-state index is -2.98. The Balaban J connectivity index is 2.00. The highest BCUT2D eigenvalue weighted by molar-refractivity contribution is 5.96. The van der Waals surface area contributed by atoms with E-state index in [-0.39, 0.29) is 17.4 Å². The lowest BCUT2D eigenvalue weighted by Gasteiger charge is -2.17. The van der Waals surface area contributed by atoms with Crippen molar-refractivity contribution >= 4 is 17.3 Å². The predicted molar refractivity (Wildman–Crippen MR) is 99.0 cm³/mol. The summed E-state index contributed by atoms with van der Waals surface area (Å²) in [6, 6.07) is 10.8. The first-order valence-electron chi connectivity index (χ1n) is 8.36. The van der Waals surface area contributed by atoms with Crippen molar-refractivity contribution in [1.82, 2.24) is 0 Å². The summed E-state index contributed by atoms with van der Waals surface area (Å²) in [7, 11) is 1.35. The van der Waals surface area contributed by atoms with E-state index in [2.05, 4.69) is 15.4 Å². The minimum absolute atomic E-state index is 0.114. The molecule has 1 amide bonds. The van der Waals surface area contributed by atoms with Crippen LogP contribution in [-0.2, 0) is 4.79 Å². The van der Waals surface area contributed by atoms with E-state index in [1.54, 1.807) is 37.3 Å². The van der Waals surface area contributed by atoms with Gasteiger partial charge in [0.2, 0.25) is 5.91 Å². The third-order valence-electron chi connectivity index (χ3n) is 3.59. The van der Waals surface area contributed by atoms with Gasteiger partial charge in [-0.3, -0.25) is 4.79 Å². The molecule has 0 spiro atoms. The Morgan fingerprint density at radius 1 is 1.07 bits per heavy atom. The molecule has 1 atom stereocenters. The molecule has 0 saturated heterocycles. The van der Waals surface area contributed by atoms with Crippen molar-refractivity contribution in [1.29, 1.82) is 0 Å². The van der Waals surface area contributed by atoms with Crippen molar-refractivity contribution in [2.24, 2.45) is 0 Å². The van der Waals surface area contributed by atoms with E-state index < -0.39 is 12.7 Å². The molecule has 2 aromatic carbocycles. The first kappa shape index (κ1) is 20.3. The van der Waals surface area contributed by atoms with Crippen molar-refractivity contribution in [2.45, 2.75) is 26.5 Å². The number of carbonyl (C=O) groups excluding carboxylic acids is 1. The predicted octanol–water partition coefficient (Wildman–Crippen LogP) is 4.13. The lowest BCUT2D eigenvalue weighted by molar-refractivity contribution is -0.116. The highest BCUT2D eigenvalue weighted by Gasteiger charge is 2.16. The second-order valence-corrected chi connectivity index (χ2v) is 5.56. The number of benzene rings is 2. The summed E-state index contributed by atoms with van der Waals surface area (Å²) in [5.74, 6) is 0.488. The molecule has 8 heteroatoms. The number of halogens is 2. The van der Waals surface area contributed by atoms with Crippen LogP contribution in [0.25, 0.3) is 0 Å². The van der Waals surface area contributed by atoms with Gasteiger partial charge in [-0.15, -0.1) is 0 Å². The monoisotopic (exact) mass is 380 g/mol. The fourth-order valence-corrected chi connectivity index (χ4v) is 2.32. The van der Waals surface area contributed by atoms with Crippen LogP contribution < -0.4 is 24.8 Å². The van der Waals surface area contributed by atoms with Gasteiger partial charge in [0.15, 0.2) is 11.5 Å². The molecule has 0 aliphatic rings. The summed E-state index contributed by atoms with van der Waals surface area (Å²) >= 11 is 0. The van der Waals surface area contributed by atoms with Crippen LogP contribution in [0.5, 0.6) is 17.2 Å². The van der Waals surface area contributed by atoms with Crippen LogP contribution in [0.15, 0.2) is 42.5 Å². The Bertz CT molecular complexity index is 754. The molecular formula is C19H22F2N2O4. The highest BCUT2D eigenvalue weighted by Crippen LogP contribution is 2.31. The summed E-state index contributed by atoms with van der Waals surface area (Å²) in [4.78, 5) is 12.3. The van der Waals surface area contributed by atoms with Crippen LogP contribution in [0.3, 0.4) is 0 Å². The molecule has 0 radical (unpaired) electrons. The molecule has 27 heavy (non-hydrogen) atoms. The lowest BCUT2D eigenvalue weighted by atomic mass is 10.2. The first-order valence-corrected chi connectivity index (χ1v) is 8.36. The number of carbonyl (C=O) groups is 1. The van der Waals surface area contributed by atoms with Crippen molar-refractivity contribution in [2.75, 3.05) is 24.4 Å². The van der Waals surface area contributed by atoms with E-state index in [9.17, 15) is 13.6 Å². The maximum atomic E-state index is 12.5. The molecule has 2 rings (SSSR count). The Hall–Kier alpha value is -3.03. The zero-order chi connectivity index (χ0) is 19.8. The van der Waals surface area contributed by atoms with Crippen LogP contribution in [0.2, 0.25) is 0 Å². The van der Waals surface area contributed by atoms with E-state index in [0.29, 0.717) is 23.7 Å². The third kappa shape index (κ3) is 6.02. The molecule has 0 saturated carbocycles. The molecule has 0 aromatic heterocycles. The Morgan fingerprint density at radius 3 is 2.33 bits per heavy atom. The molecule has 6 nitrogen and oxygen atoms in total. The number of methoxy groups -OCH3 is 1. The normalized spacial score (nSPS) is 11.6. The molecule has 0 heterocycles. The Morgan fingerprint density at radius 2 is 1.74 bits per heavy atom. The molecule has 0 fully saturated rings. The summed E-state index contributed by atoms with van der Waals surface area (Å²) in [5, 5.41) is 5.71. The Labute approximate surface area is 156 Å². The van der Waals surface area contributed by atoms with Gasteiger partial charge in [-0.1, -0.05) is 0 Å². The molecule has 0 bridgehead atoms. The zero-order valence-corrected chi connectivity index (χ0v) is 15.3. The Kier molecular flexibility index (Phi) is 7.22. The van der Waals surface area contributed by atoms with Crippen molar-refractivity contribution in [3.8, 4) is 17.2 Å². The van der Waals surface area contributed by atoms with E-state index >= 15 is 0 Å². The van der Waals surface area contributed by atoms with Gasteiger partial charge in [0.05, 0.1) is 13.7 Å². The van der Waals surface area contributed by atoms with E-state index in [1.807, 2.05) is 6.92 Å². The fraction of sp³-hybridized carbons (Fsp3) is 0.316. The van der Waals surface area contributed by atoms with Gasteiger partial charge < -0.3 is 24.8 Å². The lowest BCUT2D eigenvalue weighted by Crippen LogP contribution is -2.31. The average Bonchev–Trinajstić information content (AvgIpc) is 2.63. The highest BCUT2D eigenvalue weighted by atomic mass is 19.3. The fourth-order valence-electron chi connectivity index (χ4n) is 2.32. The number of hydrogen-bond donors (Lipinski definition) is 2. The van der Waals surface area contributed by atoms with Gasteiger partial charge in [-0.2, -0.15) is 8.78 Å². The van der Waals surface area contributed by atoms with Gasteiger partial charge in [0, 0.05) is 17.4 Å². The van der Waals surface area contributed by atoms with Crippen LogP contribution >= 0.6 is 0 Å². The number of ether oxygens (including phenoxy) is 3. The number of nitrogens with one attached hydrogen (secondary N) is 2. The molecule has 2 aromatic rings. The SMILES string of the molecule is CCOc1ccc(NC(=O)C(C)Nc2ccc(OC)c(OC(F)F)c2)cc1. The minimum Gasteiger partial charge on any atom is -0.494 e. The van der Waals surface area contributed by atoms with Crippen LogP contribution in [-0.4, -0.2) is 32.3 Å². The first-order chi connectivity index (χ1) is 12.9. The largest absolute Gasteiger partial charge is 0.494 e. The number of anilines is 2. The van der Waals surface area contributed by atoms with Crippen LogP contribution in [0, 0.1) is 0 Å². The second-order valence-electron chi connectivity index (χ2n) is 5.56. The maximum Gasteiger partial charge on any atom is 0.387 e. The zero-order valence-electron chi connectivity index (χ0n) is 15.3. The molecule has 0 aliphatic heterocycles. The van der Waals surface area contributed by atoms with Crippen LogP contribution in [0.1, 0.15) is 13.8 Å². The number of rotatable bonds is 9. The molecule has 1 unspecified atom stereocenters. The van der Waals surface area contributed by atoms with Crippen molar-refractivity contribution in [3.05, 3.63) is 42.5 Å². The quantitative estimate of drug-likeness (QED) is 0.685. The summed E-state index contributed by atoms with van der Waals surface area (Å²) in [5.41, 5.74) is 1.06. The standard InChI is InChI=1S/C19H22F2N2O4/c1-4-26-15-8-5-13(6-9-15)23-18(24)12(2)22-14-7-10-16(25-3)17(11-14)27-19(20)21/h5-12,19,22H,4H2,1-3H3,(H,23,24). The van der Waals surface area contributed by atoms with Crippen LogP contribution in [0.4, 0.5) is 20.2 Å². The van der Waals surface area contributed by atoms with Crippen molar-refractivity contribution in [3.63, 3.8) is 0 Å². The number of hydrogen-bond acceptors (Lipinski definition) is 5. The second kappa shape index (κ2) is 9.61. The van der Waals surface area contributed by atoms with Gasteiger partial charge in [0.25, 0.3) is 0 Å². The van der Waals surface area contributed by atoms with E-state index in [0.717, 1.165) is 0 Å². The van der Waals surface area contributed by atoms with Gasteiger partial charge in [-0.05, 0) is 50.2 Å². The molecule has 2 N–H and O–H groups in total. The van der Waals surface area contributed by atoms with E-state index in [1.165, 1.54) is 19.2 Å². The smallest absolute Gasteiger partial charge is 0.387 e. The summed E-state index contributed by atoms with van der Waals surface area (Å²) in [6.45, 7) is 1.13. The van der Waals surface area contributed by atoms with Gasteiger partial charge >= 0.3 is 6.61 Å². The van der Waals surface area contributed by atoms with Crippen molar-refractivity contribution < 1.29 is 27.8 Å². The van der Waals surface area contributed by atoms with E-state index in [4.69, 9.17) is 9.47 Å². The van der Waals surface area contributed by atoms with Gasteiger partial charge in [-0.25, -0.2) is 0 Å². The molecular weight excluding hydrogens is 358 g/mol. The topological polar surface area (TPSA) is 68.8 Å². The van der Waals surface area contributed by atoms with Gasteiger partial charge in [0.1, 0.15) is 11.8 Å². The average molecular weight is 380 g/mol. The maximum absolute atomic E-state index is 12.5. The third-order valence-corrected chi connectivity index (χ3v) is 3.59.